The second-order valence-electron chi connectivity index (χ2n) is 5.99. The van der Waals surface area contributed by atoms with Gasteiger partial charge >= 0.3 is 0 Å². The summed E-state index contributed by atoms with van der Waals surface area (Å²) in [5, 5.41) is 0. The summed E-state index contributed by atoms with van der Waals surface area (Å²) in [7, 11) is 0. The van der Waals surface area contributed by atoms with E-state index in [4.69, 9.17) is 0 Å². The van der Waals surface area contributed by atoms with Crippen molar-refractivity contribution in [3.8, 4) is 0 Å². The van der Waals surface area contributed by atoms with Crippen LogP contribution in [-0.2, 0) is 0 Å². The molecule has 0 amide bonds. The van der Waals surface area contributed by atoms with Gasteiger partial charge in [0.25, 0.3) is 0 Å². The average Bonchev–Trinajstić information content (AvgIpc) is 2.37. The molecule has 0 N–H and O–H groups in total. The minimum Gasteiger partial charge on any atom is -0.0651 e. The fraction of sp³-hybridized carbons (Fsp3) is 1.00. The Labute approximate surface area is 111 Å². The lowest BCUT2D eigenvalue weighted by molar-refractivity contribution is 0.318. The fourth-order valence-corrected chi connectivity index (χ4v) is 2.71. The summed E-state index contributed by atoms with van der Waals surface area (Å²) in [6.07, 6.45) is 12.8. The van der Waals surface area contributed by atoms with Gasteiger partial charge < -0.3 is 0 Å². The molecule has 0 spiro atoms. The normalized spacial score (nSPS) is 15.2. The summed E-state index contributed by atoms with van der Waals surface area (Å²) >= 11 is 0. The van der Waals surface area contributed by atoms with Crippen LogP contribution in [0, 0.1) is 17.8 Å². The predicted molar refractivity (Wildman–Crippen MR) is 80.4 cm³/mol. The van der Waals surface area contributed by atoms with Crippen LogP contribution in [0.25, 0.3) is 0 Å². The number of rotatable bonds is 11. The molecule has 0 heterocycles. The molecule has 0 aromatic rings. The average molecular weight is 240 g/mol. The van der Waals surface area contributed by atoms with Gasteiger partial charge in [0.2, 0.25) is 0 Å². The Morgan fingerprint density at radius 3 is 1.65 bits per heavy atom. The molecule has 0 radical (unpaired) electrons. The standard InChI is InChI=1S/C17H36/c1-6-15(5)12-10-11-13-17(9-4)14-16(7-2)8-3/h15-17H,6-14H2,1-5H3. The van der Waals surface area contributed by atoms with Crippen LogP contribution < -0.4 is 0 Å². The van der Waals surface area contributed by atoms with Crippen LogP contribution in [0.3, 0.4) is 0 Å². The zero-order valence-electron chi connectivity index (χ0n) is 13.1. The molecule has 0 saturated carbocycles. The molecule has 0 aliphatic carbocycles. The van der Waals surface area contributed by atoms with Gasteiger partial charge in [-0.1, -0.05) is 86.0 Å². The van der Waals surface area contributed by atoms with E-state index in [2.05, 4.69) is 34.6 Å². The van der Waals surface area contributed by atoms with Gasteiger partial charge in [0.15, 0.2) is 0 Å². The van der Waals surface area contributed by atoms with Gasteiger partial charge in [0.1, 0.15) is 0 Å². The van der Waals surface area contributed by atoms with Crippen molar-refractivity contribution in [3.63, 3.8) is 0 Å². The zero-order valence-corrected chi connectivity index (χ0v) is 13.1. The third-order valence-corrected chi connectivity index (χ3v) is 4.65. The first-order valence-corrected chi connectivity index (χ1v) is 8.17. The van der Waals surface area contributed by atoms with Crippen LogP contribution in [0.4, 0.5) is 0 Å². The van der Waals surface area contributed by atoms with Crippen LogP contribution in [0.15, 0.2) is 0 Å². The van der Waals surface area contributed by atoms with Gasteiger partial charge in [-0.25, -0.2) is 0 Å². The van der Waals surface area contributed by atoms with Crippen molar-refractivity contribution in [3.05, 3.63) is 0 Å². The lowest BCUT2D eigenvalue weighted by Crippen LogP contribution is -2.07. The van der Waals surface area contributed by atoms with Gasteiger partial charge in [0, 0.05) is 0 Å². The fourth-order valence-electron chi connectivity index (χ4n) is 2.71. The van der Waals surface area contributed by atoms with E-state index in [0.29, 0.717) is 0 Å². The van der Waals surface area contributed by atoms with E-state index >= 15 is 0 Å². The third-order valence-electron chi connectivity index (χ3n) is 4.65. The minimum atomic E-state index is 0.939. The number of hydrogen-bond acceptors (Lipinski definition) is 0. The van der Waals surface area contributed by atoms with Crippen molar-refractivity contribution in [1.82, 2.24) is 0 Å². The highest BCUT2D eigenvalue weighted by atomic mass is 14.2. The summed E-state index contributed by atoms with van der Waals surface area (Å²) in [6.45, 7) is 11.8. The van der Waals surface area contributed by atoms with Crippen molar-refractivity contribution in [2.24, 2.45) is 17.8 Å². The van der Waals surface area contributed by atoms with Crippen molar-refractivity contribution in [2.45, 2.75) is 92.4 Å². The van der Waals surface area contributed by atoms with Crippen LogP contribution in [0.2, 0.25) is 0 Å². The molecule has 2 unspecified atom stereocenters. The van der Waals surface area contributed by atoms with E-state index in [1.807, 2.05) is 0 Å². The Morgan fingerprint density at radius 1 is 0.647 bits per heavy atom. The highest BCUT2D eigenvalue weighted by molar-refractivity contribution is 4.64. The van der Waals surface area contributed by atoms with E-state index < -0.39 is 0 Å². The zero-order chi connectivity index (χ0) is 13.1. The molecular formula is C17H36. The Morgan fingerprint density at radius 2 is 1.18 bits per heavy atom. The molecule has 0 aromatic carbocycles. The Kier molecular flexibility index (Phi) is 11.1. The smallest absolute Gasteiger partial charge is 0.0414 e. The first-order chi connectivity index (χ1) is 8.17. The molecule has 0 rings (SSSR count). The molecule has 0 bridgehead atoms. The molecule has 0 fully saturated rings. The molecule has 17 heavy (non-hydrogen) atoms. The molecule has 0 aliphatic heterocycles. The maximum Gasteiger partial charge on any atom is -0.0414 e. The molecule has 0 saturated heterocycles. The largest absolute Gasteiger partial charge is 0.0651 e. The van der Waals surface area contributed by atoms with E-state index in [-0.39, 0.29) is 0 Å². The summed E-state index contributed by atoms with van der Waals surface area (Å²) < 4.78 is 0. The molecule has 0 nitrogen and oxygen atoms in total. The van der Waals surface area contributed by atoms with Gasteiger partial charge in [-0.15, -0.1) is 0 Å². The highest BCUT2D eigenvalue weighted by Crippen LogP contribution is 2.26. The second-order valence-corrected chi connectivity index (χ2v) is 5.99. The van der Waals surface area contributed by atoms with E-state index in [1.54, 1.807) is 0 Å². The summed E-state index contributed by atoms with van der Waals surface area (Å²) in [5.74, 6) is 2.92. The lowest BCUT2D eigenvalue weighted by Gasteiger charge is -2.20. The van der Waals surface area contributed by atoms with Gasteiger partial charge in [0.05, 0.1) is 0 Å². The molecule has 0 aromatic heterocycles. The third kappa shape index (κ3) is 8.69. The first-order valence-electron chi connectivity index (χ1n) is 8.17. The van der Waals surface area contributed by atoms with Crippen LogP contribution >= 0.6 is 0 Å². The Hall–Kier alpha value is 0. The molecule has 2 atom stereocenters. The molecule has 0 aliphatic rings. The maximum absolute atomic E-state index is 2.39. The Balaban J connectivity index is 3.67. The summed E-state index contributed by atoms with van der Waals surface area (Å²) in [4.78, 5) is 0. The highest BCUT2D eigenvalue weighted by Gasteiger charge is 2.12. The van der Waals surface area contributed by atoms with Crippen LogP contribution in [-0.4, -0.2) is 0 Å². The number of unbranched alkanes of at least 4 members (excludes halogenated alkanes) is 1. The van der Waals surface area contributed by atoms with E-state index in [0.717, 1.165) is 17.8 Å². The monoisotopic (exact) mass is 240 g/mol. The van der Waals surface area contributed by atoms with Gasteiger partial charge in [-0.05, 0) is 24.2 Å². The second kappa shape index (κ2) is 11.1. The summed E-state index contributed by atoms with van der Waals surface area (Å²) in [5.41, 5.74) is 0. The SMILES string of the molecule is CCC(C)CCCCC(CC)CC(CC)CC. The lowest BCUT2D eigenvalue weighted by atomic mass is 9.85. The quantitative estimate of drug-likeness (QED) is 0.364. The van der Waals surface area contributed by atoms with Crippen LogP contribution in [0.1, 0.15) is 92.4 Å². The molecular weight excluding hydrogens is 204 g/mol. The minimum absolute atomic E-state index is 0.939. The number of hydrogen-bond donors (Lipinski definition) is 0. The van der Waals surface area contributed by atoms with Crippen molar-refractivity contribution in [1.29, 1.82) is 0 Å². The predicted octanol–water partition coefficient (Wildman–Crippen LogP) is 6.45. The van der Waals surface area contributed by atoms with Crippen LogP contribution in [0.5, 0.6) is 0 Å². The van der Waals surface area contributed by atoms with Gasteiger partial charge in [-0.3, -0.25) is 0 Å². The van der Waals surface area contributed by atoms with E-state index in [1.165, 1.54) is 57.8 Å². The maximum atomic E-state index is 2.39. The molecule has 104 valence electrons. The topological polar surface area (TPSA) is 0 Å². The van der Waals surface area contributed by atoms with Crippen molar-refractivity contribution in [2.75, 3.05) is 0 Å². The van der Waals surface area contributed by atoms with E-state index in [9.17, 15) is 0 Å². The molecule has 0 heteroatoms. The van der Waals surface area contributed by atoms with Crippen molar-refractivity contribution >= 4 is 0 Å². The van der Waals surface area contributed by atoms with Gasteiger partial charge in [-0.2, -0.15) is 0 Å². The summed E-state index contributed by atoms with van der Waals surface area (Å²) in [6, 6.07) is 0. The first kappa shape index (κ1) is 17.0. The Bertz CT molecular complexity index is 146. The van der Waals surface area contributed by atoms with Crippen molar-refractivity contribution < 1.29 is 0 Å².